The van der Waals surface area contributed by atoms with Gasteiger partial charge < -0.3 is 15.2 Å². The van der Waals surface area contributed by atoms with Gasteiger partial charge in [0.15, 0.2) is 0 Å². The molecule has 27 heavy (non-hydrogen) atoms. The zero-order chi connectivity index (χ0) is 19.1. The normalized spacial score (nSPS) is 10.4. The summed E-state index contributed by atoms with van der Waals surface area (Å²) in [5.41, 5.74) is 0.640. The van der Waals surface area contributed by atoms with E-state index in [1.165, 1.54) is 18.2 Å². The zero-order valence-corrected chi connectivity index (χ0v) is 14.2. The number of nitrogens with zero attached hydrogens (tertiary/aromatic N) is 3. The van der Waals surface area contributed by atoms with E-state index < -0.39 is 11.7 Å². The summed E-state index contributed by atoms with van der Waals surface area (Å²) in [5, 5.41) is 8.93. The summed E-state index contributed by atoms with van der Waals surface area (Å²) < 4.78 is 18.6. The predicted octanol–water partition coefficient (Wildman–Crippen LogP) is 1.71. The second kappa shape index (κ2) is 8.65. The van der Waals surface area contributed by atoms with Crippen molar-refractivity contribution in [2.24, 2.45) is 0 Å². The molecule has 0 saturated carbocycles. The van der Waals surface area contributed by atoms with Crippen LogP contribution in [0.15, 0.2) is 53.3 Å². The highest BCUT2D eigenvalue weighted by Gasteiger charge is 2.12. The highest BCUT2D eigenvalue weighted by atomic mass is 19.1. The lowest BCUT2D eigenvalue weighted by molar-refractivity contribution is -0.121. The molecule has 0 aliphatic rings. The molecule has 0 atom stereocenters. The van der Waals surface area contributed by atoms with E-state index in [4.69, 9.17) is 4.52 Å². The van der Waals surface area contributed by atoms with Crippen molar-refractivity contribution in [3.05, 3.63) is 66.1 Å². The molecule has 3 aromatic rings. The van der Waals surface area contributed by atoms with E-state index in [-0.39, 0.29) is 36.9 Å². The minimum absolute atomic E-state index is 0.0315. The number of hydrogen-bond donors (Lipinski definition) is 2. The SMILES string of the molecule is O=C(CCNC(=O)c1ccccc1F)NCc1nc(-c2cccnc2)no1. The van der Waals surface area contributed by atoms with Gasteiger partial charge in [-0.2, -0.15) is 4.98 Å². The van der Waals surface area contributed by atoms with Crippen molar-refractivity contribution in [3.63, 3.8) is 0 Å². The molecular formula is C18H16FN5O3. The van der Waals surface area contributed by atoms with E-state index in [1.54, 1.807) is 30.6 Å². The van der Waals surface area contributed by atoms with Crippen molar-refractivity contribution in [2.75, 3.05) is 6.54 Å². The number of benzene rings is 1. The quantitative estimate of drug-likeness (QED) is 0.656. The fourth-order valence-corrected chi connectivity index (χ4v) is 2.23. The summed E-state index contributed by atoms with van der Waals surface area (Å²) in [6.07, 6.45) is 3.27. The Kier molecular flexibility index (Phi) is 5.83. The molecule has 138 valence electrons. The zero-order valence-electron chi connectivity index (χ0n) is 14.2. The smallest absolute Gasteiger partial charge is 0.254 e. The van der Waals surface area contributed by atoms with Crippen molar-refractivity contribution in [2.45, 2.75) is 13.0 Å². The van der Waals surface area contributed by atoms with Crippen LogP contribution >= 0.6 is 0 Å². The number of aromatic nitrogens is 3. The molecule has 0 aliphatic carbocycles. The van der Waals surface area contributed by atoms with E-state index in [9.17, 15) is 14.0 Å². The van der Waals surface area contributed by atoms with Gasteiger partial charge in [-0.1, -0.05) is 17.3 Å². The van der Waals surface area contributed by atoms with Crippen LogP contribution in [0.2, 0.25) is 0 Å². The molecule has 0 aliphatic heterocycles. The summed E-state index contributed by atoms with van der Waals surface area (Å²) in [5.74, 6) is -0.869. The van der Waals surface area contributed by atoms with Gasteiger partial charge in [0.2, 0.25) is 17.6 Å². The van der Waals surface area contributed by atoms with Crippen LogP contribution in [0.1, 0.15) is 22.7 Å². The maximum absolute atomic E-state index is 13.5. The molecule has 9 heteroatoms. The minimum Gasteiger partial charge on any atom is -0.351 e. The summed E-state index contributed by atoms with van der Waals surface area (Å²) in [7, 11) is 0. The summed E-state index contributed by atoms with van der Waals surface area (Å²) >= 11 is 0. The van der Waals surface area contributed by atoms with Crippen molar-refractivity contribution >= 4 is 11.8 Å². The molecule has 0 spiro atoms. The average Bonchev–Trinajstić information content (AvgIpc) is 3.16. The third-order valence-corrected chi connectivity index (χ3v) is 3.58. The predicted molar refractivity (Wildman–Crippen MR) is 92.7 cm³/mol. The van der Waals surface area contributed by atoms with Crippen molar-refractivity contribution in [1.82, 2.24) is 25.8 Å². The van der Waals surface area contributed by atoms with E-state index in [2.05, 4.69) is 25.8 Å². The summed E-state index contributed by atoms with van der Waals surface area (Å²) in [6, 6.07) is 9.18. The Morgan fingerprint density at radius 3 is 2.74 bits per heavy atom. The highest BCUT2D eigenvalue weighted by molar-refractivity contribution is 5.94. The summed E-state index contributed by atoms with van der Waals surface area (Å²) in [4.78, 5) is 31.8. The Bertz CT molecular complexity index is 930. The van der Waals surface area contributed by atoms with Crippen LogP contribution in [-0.4, -0.2) is 33.5 Å². The number of amides is 2. The van der Waals surface area contributed by atoms with E-state index in [1.807, 2.05) is 0 Å². The van der Waals surface area contributed by atoms with E-state index in [0.29, 0.717) is 11.4 Å². The number of hydrogen-bond acceptors (Lipinski definition) is 6. The fraction of sp³-hybridized carbons (Fsp3) is 0.167. The van der Waals surface area contributed by atoms with Crippen LogP contribution in [0.4, 0.5) is 4.39 Å². The van der Waals surface area contributed by atoms with Crippen LogP contribution in [0, 0.1) is 5.82 Å². The molecule has 1 aromatic carbocycles. The Labute approximate surface area is 153 Å². The third-order valence-electron chi connectivity index (χ3n) is 3.58. The van der Waals surface area contributed by atoms with Crippen LogP contribution in [-0.2, 0) is 11.3 Å². The van der Waals surface area contributed by atoms with Gasteiger partial charge in [0.05, 0.1) is 12.1 Å². The first-order valence-corrected chi connectivity index (χ1v) is 8.16. The standard InChI is InChI=1S/C18H16FN5O3/c19-14-6-2-1-5-13(14)18(26)21-9-7-15(25)22-11-16-23-17(24-27-16)12-4-3-8-20-10-12/h1-6,8,10H,7,9,11H2,(H,21,26)(H,22,25). The molecule has 0 unspecified atom stereocenters. The average molecular weight is 369 g/mol. The lowest BCUT2D eigenvalue weighted by atomic mass is 10.2. The monoisotopic (exact) mass is 369 g/mol. The van der Waals surface area contributed by atoms with Crippen LogP contribution in [0.3, 0.4) is 0 Å². The molecule has 2 amide bonds. The Morgan fingerprint density at radius 1 is 1.11 bits per heavy atom. The van der Waals surface area contributed by atoms with Gasteiger partial charge in [0.1, 0.15) is 5.82 Å². The first-order valence-electron chi connectivity index (χ1n) is 8.16. The van der Waals surface area contributed by atoms with Crippen molar-refractivity contribution < 1.29 is 18.5 Å². The molecule has 2 N–H and O–H groups in total. The first-order chi connectivity index (χ1) is 13.1. The Balaban J connectivity index is 1.42. The fourth-order valence-electron chi connectivity index (χ4n) is 2.23. The van der Waals surface area contributed by atoms with Crippen molar-refractivity contribution in [1.29, 1.82) is 0 Å². The largest absolute Gasteiger partial charge is 0.351 e. The number of pyridine rings is 1. The van der Waals surface area contributed by atoms with Gasteiger partial charge in [0, 0.05) is 30.9 Å². The number of carbonyl (C=O) groups is 2. The van der Waals surface area contributed by atoms with Crippen LogP contribution < -0.4 is 10.6 Å². The second-order valence-electron chi connectivity index (χ2n) is 5.52. The maximum atomic E-state index is 13.5. The third kappa shape index (κ3) is 4.94. The lowest BCUT2D eigenvalue weighted by Crippen LogP contribution is -2.31. The first kappa shape index (κ1) is 18.2. The van der Waals surface area contributed by atoms with E-state index >= 15 is 0 Å². The van der Waals surface area contributed by atoms with Gasteiger partial charge >= 0.3 is 0 Å². The number of rotatable bonds is 7. The second-order valence-corrected chi connectivity index (χ2v) is 5.52. The topological polar surface area (TPSA) is 110 Å². The molecule has 8 nitrogen and oxygen atoms in total. The minimum atomic E-state index is -0.611. The number of carbonyl (C=O) groups excluding carboxylic acids is 2. The van der Waals surface area contributed by atoms with Crippen molar-refractivity contribution in [3.8, 4) is 11.4 Å². The lowest BCUT2D eigenvalue weighted by Gasteiger charge is -2.06. The van der Waals surface area contributed by atoms with Gasteiger partial charge in [-0.05, 0) is 24.3 Å². The van der Waals surface area contributed by atoms with Gasteiger partial charge in [-0.3, -0.25) is 14.6 Å². The molecule has 0 fully saturated rings. The Hall–Kier alpha value is -3.62. The number of nitrogens with one attached hydrogen (secondary N) is 2. The molecule has 2 heterocycles. The summed E-state index contributed by atoms with van der Waals surface area (Å²) in [6.45, 7) is 0.136. The van der Waals surface area contributed by atoms with Gasteiger partial charge in [0.25, 0.3) is 5.91 Å². The number of halogens is 1. The molecule has 3 rings (SSSR count). The van der Waals surface area contributed by atoms with Crippen LogP contribution in [0.5, 0.6) is 0 Å². The molecule has 0 saturated heterocycles. The highest BCUT2D eigenvalue weighted by Crippen LogP contribution is 2.13. The van der Waals surface area contributed by atoms with Gasteiger partial charge in [-0.15, -0.1) is 0 Å². The molecule has 0 bridgehead atoms. The molecule has 2 aromatic heterocycles. The van der Waals surface area contributed by atoms with Gasteiger partial charge in [-0.25, -0.2) is 4.39 Å². The van der Waals surface area contributed by atoms with E-state index in [0.717, 1.165) is 0 Å². The molecule has 0 radical (unpaired) electrons. The Morgan fingerprint density at radius 2 is 1.96 bits per heavy atom. The maximum Gasteiger partial charge on any atom is 0.254 e. The van der Waals surface area contributed by atoms with Crippen LogP contribution in [0.25, 0.3) is 11.4 Å². The molecular weight excluding hydrogens is 353 g/mol.